The largest absolute Gasteiger partial charge is 0.0733 e. The van der Waals surface area contributed by atoms with Crippen molar-refractivity contribution >= 4 is 14.1 Å². The number of rotatable bonds is 1. The Morgan fingerprint density at radius 1 is 0.867 bits per heavy atom. The number of hydrogen-bond acceptors (Lipinski definition) is 0. The summed E-state index contributed by atoms with van der Waals surface area (Å²) in [4.78, 5) is 0. The zero-order chi connectivity index (χ0) is 11.2. The lowest BCUT2D eigenvalue weighted by atomic mass is 10.00. The number of fused-ring (bicyclic) bond motifs is 1. The van der Waals surface area contributed by atoms with Gasteiger partial charge in [0, 0.05) is 6.42 Å². The molecule has 0 amide bonds. The van der Waals surface area contributed by atoms with Crippen LogP contribution in [0.15, 0.2) is 17.3 Å². The van der Waals surface area contributed by atoms with Crippen LogP contribution in [-0.4, -0.2) is 8.07 Å². The minimum atomic E-state index is -1.16. The summed E-state index contributed by atoms with van der Waals surface area (Å²) >= 11 is 0. The molecular weight excluding hydrogens is 196 g/mol. The van der Waals surface area contributed by atoms with E-state index < -0.39 is 8.07 Å². The fraction of sp³-hybridized carbons (Fsp3) is 0.357. The highest BCUT2D eigenvalue weighted by Gasteiger charge is 2.26. The maximum Gasteiger partial charge on any atom is 0.0733 e. The van der Waals surface area contributed by atoms with E-state index in [0.29, 0.717) is 0 Å². The zero-order valence-corrected chi connectivity index (χ0v) is 11.3. The van der Waals surface area contributed by atoms with E-state index in [1.54, 1.807) is 5.20 Å². The number of aryl methyl sites for hydroxylation is 2. The summed E-state index contributed by atoms with van der Waals surface area (Å²) in [6, 6.07) is 4.46. The zero-order valence-electron chi connectivity index (χ0n) is 10.3. The maximum atomic E-state index is 2.41. The van der Waals surface area contributed by atoms with Crippen LogP contribution >= 0.6 is 0 Å². The van der Waals surface area contributed by atoms with Crippen LogP contribution < -0.4 is 0 Å². The van der Waals surface area contributed by atoms with E-state index in [2.05, 4.69) is 58.1 Å². The highest BCUT2D eigenvalue weighted by atomic mass is 28.3. The van der Waals surface area contributed by atoms with E-state index in [-0.39, 0.29) is 0 Å². The van der Waals surface area contributed by atoms with Crippen molar-refractivity contribution < 1.29 is 0 Å². The lowest BCUT2D eigenvalue weighted by molar-refractivity contribution is 1.32. The van der Waals surface area contributed by atoms with Crippen LogP contribution in [0, 0.1) is 20.3 Å². The van der Waals surface area contributed by atoms with E-state index in [9.17, 15) is 0 Å². The topological polar surface area (TPSA) is 0 Å². The van der Waals surface area contributed by atoms with Crippen molar-refractivity contribution in [1.29, 1.82) is 0 Å². The first-order chi connectivity index (χ1) is 6.89. The Morgan fingerprint density at radius 2 is 1.40 bits per heavy atom. The molecule has 0 aromatic heterocycles. The predicted octanol–water partition coefficient (Wildman–Crippen LogP) is 4.13. The normalized spacial score (nSPS) is 15.1. The number of allylic oxidation sites excluding steroid dienone is 1. The van der Waals surface area contributed by atoms with Gasteiger partial charge in [0.15, 0.2) is 0 Å². The first-order valence-electron chi connectivity index (χ1n) is 5.57. The van der Waals surface area contributed by atoms with Gasteiger partial charge in [-0.3, -0.25) is 0 Å². The fourth-order valence-corrected chi connectivity index (χ4v) is 3.18. The van der Waals surface area contributed by atoms with Gasteiger partial charge in [-0.25, -0.2) is 0 Å². The van der Waals surface area contributed by atoms with E-state index >= 15 is 0 Å². The van der Waals surface area contributed by atoms with Gasteiger partial charge in [-0.05, 0) is 36.1 Å². The minimum absolute atomic E-state index is 1.16. The lowest BCUT2D eigenvalue weighted by Crippen LogP contribution is -2.23. The van der Waals surface area contributed by atoms with E-state index in [1.165, 1.54) is 22.3 Å². The molecule has 0 saturated heterocycles. The Kier molecular flexibility index (Phi) is 2.38. The van der Waals surface area contributed by atoms with Crippen molar-refractivity contribution in [2.24, 2.45) is 0 Å². The molecule has 0 saturated carbocycles. The predicted molar refractivity (Wildman–Crippen MR) is 70.6 cm³/mol. The van der Waals surface area contributed by atoms with E-state index in [4.69, 9.17) is 0 Å². The first kappa shape index (κ1) is 10.7. The van der Waals surface area contributed by atoms with Gasteiger partial charge < -0.3 is 0 Å². The summed E-state index contributed by atoms with van der Waals surface area (Å²) in [6.45, 7) is 11.6. The van der Waals surface area contributed by atoms with Crippen LogP contribution in [0.3, 0.4) is 0 Å². The number of hydrogen-bond donors (Lipinski definition) is 0. The van der Waals surface area contributed by atoms with E-state index in [1.807, 2.05) is 0 Å². The summed E-state index contributed by atoms with van der Waals surface area (Å²) in [7, 11) is -1.16. The Balaban J connectivity index is 2.51. The molecule has 2 rings (SSSR count). The van der Waals surface area contributed by atoms with Gasteiger partial charge in [0.05, 0.1) is 8.07 Å². The van der Waals surface area contributed by atoms with Crippen LogP contribution in [-0.2, 0) is 0 Å². The molecule has 1 aromatic rings. The van der Waals surface area contributed by atoms with Crippen LogP contribution in [0.25, 0.3) is 6.08 Å². The van der Waals surface area contributed by atoms with Gasteiger partial charge in [-0.15, -0.1) is 0 Å². The second-order valence-electron chi connectivity index (χ2n) is 5.52. The molecule has 0 nitrogen and oxygen atoms in total. The van der Waals surface area contributed by atoms with Crippen molar-refractivity contribution in [2.75, 3.05) is 0 Å². The average Bonchev–Trinajstić information content (AvgIpc) is 2.56. The van der Waals surface area contributed by atoms with Crippen molar-refractivity contribution in [3.05, 3.63) is 46.0 Å². The van der Waals surface area contributed by atoms with Crippen molar-refractivity contribution in [1.82, 2.24) is 0 Å². The van der Waals surface area contributed by atoms with Crippen molar-refractivity contribution in [2.45, 2.75) is 33.5 Å². The van der Waals surface area contributed by atoms with E-state index in [0.717, 1.165) is 0 Å². The summed E-state index contributed by atoms with van der Waals surface area (Å²) in [5.74, 6) is 0. The quantitative estimate of drug-likeness (QED) is 0.618. The van der Waals surface area contributed by atoms with Crippen LogP contribution in [0.5, 0.6) is 0 Å². The molecule has 1 aliphatic rings. The first-order valence-corrected chi connectivity index (χ1v) is 9.07. The van der Waals surface area contributed by atoms with Gasteiger partial charge in [-0.2, -0.15) is 0 Å². The highest BCUT2D eigenvalue weighted by Crippen LogP contribution is 2.35. The summed E-state index contributed by atoms with van der Waals surface area (Å²) in [6.07, 6.45) is 4.81. The smallest absolute Gasteiger partial charge is 0.0722 e. The Labute approximate surface area is 94.0 Å². The Hall–Kier alpha value is -0.823. The molecule has 0 N–H and O–H groups in total. The van der Waals surface area contributed by atoms with Crippen molar-refractivity contribution in [3.63, 3.8) is 0 Å². The molecule has 0 unspecified atom stereocenters. The molecule has 0 spiro atoms. The monoisotopic (exact) mass is 215 g/mol. The summed E-state index contributed by atoms with van der Waals surface area (Å²) in [5.41, 5.74) is 5.71. The van der Waals surface area contributed by atoms with Crippen LogP contribution in [0.2, 0.25) is 19.6 Å². The highest BCUT2D eigenvalue weighted by molar-refractivity contribution is 6.84. The standard InChI is InChI=1S/C14H19Si/c1-10-6-7-11(2)14-9-12(8-13(10)14)15(3,4)5/h6-9H,1-5H3. The van der Waals surface area contributed by atoms with Gasteiger partial charge in [-0.1, -0.05) is 43.0 Å². The molecule has 15 heavy (non-hydrogen) atoms. The molecule has 0 fully saturated rings. The molecule has 0 bridgehead atoms. The lowest BCUT2D eigenvalue weighted by Gasteiger charge is -2.17. The Bertz CT molecular complexity index is 433. The average molecular weight is 215 g/mol. The third-order valence-electron chi connectivity index (χ3n) is 3.19. The third-order valence-corrected chi connectivity index (χ3v) is 5.21. The van der Waals surface area contributed by atoms with Crippen LogP contribution in [0.4, 0.5) is 0 Å². The molecule has 0 aliphatic heterocycles. The number of benzene rings is 1. The third kappa shape index (κ3) is 1.81. The van der Waals surface area contributed by atoms with Gasteiger partial charge in [0.25, 0.3) is 0 Å². The summed E-state index contributed by atoms with van der Waals surface area (Å²) < 4.78 is 0. The molecule has 0 heterocycles. The molecule has 1 aliphatic carbocycles. The minimum Gasteiger partial charge on any atom is -0.0722 e. The van der Waals surface area contributed by atoms with Crippen molar-refractivity contribution in [3.8, 4) is 0 Å². The molecule has 1 aromatic carbocycles. The molecule has 79 valence electrons. The molecular formula is C14H19Si. The SMILES string of the molecule is Cc1ccc(C)c2c1[CH]C([Si](C)(C)C)=C2. The molecule has 1 radical (unpaired) electrons. The summed E-state index contributed by atoms with van der Waals surface area (Å²) in [5, 5.41) is 1.58. The fourth-order valence-electron chi connectivity index (χ4n) is 2.02. The van der Waals surface area contributed by atoms with Gasteiger partial charge in [0.1, 0.15) is 0 Å². The maximum absolute atomic E-state index is 2.41. The van der Waals surface area contributed by atoms with Gasteiger partial charge in [0.2, 0.25) is 0 Å². The molecule has 1 heteroatoms. The van der Waals surface area contributed by atoms with Crippen LogP contribution in [0.1, 0.15) is 22.3 Å². The van der Waals surface area contributed by atoms with Gasteiger partial charge >= 0.3 is 0 Å². The second kappa shape index (κ2) is 3.34. The second-order valence-corrected chi connectivity index (χ2v) is 10.6. The Morgan fingerprint density at radius 3 is 1.87 bits per heavy atom. The molecule has 0 atom stereocenters.